The highest BCUT2D eigenvalue weighted by molar-refractivity contribution is 7.23. The van der Waals surface area contributed by atoms with E-state index in [4.69, 9.17) is 0 Å². The molecule has 0 saturated heterocycles. The van der Waals surface area contributed by atoms with Gasteiger partial charge in [0.15, 0.2) is 0 Å². The van der Waals surface area contributed by atoms with E-state index in [9.17, 15) is 0 Å². The van der Waals surface area contributed by atoms with Gasteiger partial charge in [-0.2, -0.15) is 0 Å². The van der Waals surface area contributed by atoms with E-state index in [1.807, 2.05) is 11.3 Å². The average molecular weight is 1250 g/mol. The molecule has 7 heteroatoms. The Hall–Kier alpha value is -11.4. The summed E-state index contributed by atoms with van der Waals surface area (Å²) in [5.74, 6) is 0. The molecule has 95 heavy (non-hydrogen) atoms. The summed E-state index contributed by atoms with van der Waals surface area (Å²) >= 11 is 1.82. The molecular formula is C88H76N6S. The van der Waals surface area contributed by atoms with Crippen molar-refractivity contribution in [2.24, 2.45) is 0 Å². The van der Waals surface area contributed by atoms with Gasteiger partial charge < -0.3 is 29.4 Å². The van der Waals surface area contributed by atoms with Crippen molar-refractivity contribution in [1.29, 1.82) is 0 Å². The van der Waals surface area contributed by atoms with Crippen LogP contribution in [0.3, 0.4) is 0 Å². The third-order valence-corrected chi connectivity index (χ3v) is 19.1. The van der Waals surface area contributed by atoms with Crippen LogP contribution in [0.1, 0.15) is 44.5 Å². The molecule has 0 bridgehead atoms. The highest BCUT2D eigenvalue weighted by Crippen LogP contribution is 2.52. The fourth-order valence-electron chi connectivity index (χ4n) is 13.3. The molecule has 13 aromatic carbocycles. The van der Waals surface area contributed by atoms with Gasteiger partial charge in [0.05, 0.1) is 34.1 Å². The molecule has 0 atom stereocenters. The van der Waals surface area contributed by atoms with Crippen LogP contribution in [0.15, 0.2) is 315 Å². The van der Waals surface area contributed by atoms with Crippen molar-refractivity contribution >= 4 is 123 Å². The molecule has 0 saturated carbocycles. The van der Waals surface area contributed by atoms with Crippen molar-refractivity contribution < 1.29 is 0 Å². The van der Waals surface area contributed by atoms with Crippen LogP contribution in [0.25, 0.3) is 10.1 Å². The molecule has 14 aromatic rings. The normalized spacial score (nSPS) is 11.2. The molecule has 0 spiro atoms. The van der Waals surface area contributed by atoms with Gasteiger partial charge in [-0.1, -0.05) is 152 Å². The number of aryl methyl sites for hydroxylation is 8. The largest absolute Gasteiger partial charge is 0.310 e. The summed E-state index contributed by atoms with van der Waals surface area (Å²) in [6, 6.07) is 115. The van der Waals surface area contributed by atoms with Gasteiger partial charge >= 0.3 is 0 Å². The zero-order valence-electron chi connectivity index (χ0n) is 55.1. The minimum Gasteiger partial charge on any atom is -0.310 e. The van der Waals surface area contributed by atoms with Gasteiger partial charge in [-0.05, 0) is 269 Å². The number of anilines is 18. The molecule has 0 aliphatic carbocycles. The van der Waals surface area contributed by atoms with Crippen LogP contribution in [-0.4, -0.2) is 0 Å². The molecule has 0 unspecified atom stereocenters. The lowest BCUT2D eigenvalue weighted by atomic mass is 9.99. The average Bonchev–Trinajstić information content (AvgIpc) is 1.73. The Morgan fingerprint density at radius 2 is 0.463 bits per heavy atom. The number of para-hydroxylation sites is 6. The second-order valence-electron chi connectivity index (χ2n) is 24.9. The summed E-state index contributed by atoms with van der Waals surface area (Å²) in [4.78, 5) is 14.6. The topological polar surface area (TPSA) is 19.4 Å². The van der Waals surface area contributed by atoms with Gasteiger partial charge in [0.1, 0.15) is 5.00 Å². The first-order valence-corrected chi connectivity index (χ1v) is 33.4. The van der Waals surface area contributed by atoms with Crippen LogP contribution >= 0.6 is 11.3 Å². The van der Waals surface area contributed by atoms with Gasteiger partial charge in [0, 0.05) is 67.3 Å². The summed E-state index contributed by atoms with van der Waals surface area (Å²) in [6.07, 6.45) is 0. The van der Waals surface area contributed by atoms with Crippen molar-refractivity contribution in [3.8, 4) is 0 Å². The van der Waals surface area contributed by atoms with Crippen molar-refractivity contribution in [2.75, 3.05) is 29.4 Å². The van der Waals surface area contributed by atoms with Crippen LogP contribution in [0.4, 0.5) is 102 Å². The van der Waals surface area contributed by atoms with Gasteiger partial charge in [0.25, 0.3) is 0 Å². The molecule has 14 rings (SSSR count). The first-order chi connectivity index (χ1) is 46.4. The first kappa shape index (κ1) is 61.1. The van der Waals surface area contributed by atoms with Crippen LogP contribution in [0, 0.1) is 55.4 Å². The van der Waals surface area contributed by atoms with E-state index in [0.717, 1.165) is 102 Å². The molecule has 0 radical (unpaired) electrons. The van der Waals surface area contributed by atoms with E-state index in [-0.39, 0.29) is 0 Å². The predicted molar refractivity (Wildman–Crippen MR) is 408 cm³/mol. The highest BCUT2D eigenvalue weighted by Gasteiger charge is 2.28. The third kappa shape index (κ3) is 12.7. The number of rotatable bonds is 18. The molecule has 1 heterocycles. The summed E-state index contributed by atoms with van der Waals surface area (Å²) in [6.45, 7) is 17.8. The van der Waals surface area contributed by atoms with Crippen molar-refractivity contribution in [3.63, 3.8) is 0 Å². The van der Waals surface area contributed by atoms with E-state index in [1.165, 1.54) is 54.6 Å². The molecule has 0 N–H and O–H groups in total. The fourth-order valence-corrected chi connectivity index (χ4v) is 14.4. The number of benzene rings is 13. The van der Waals surface area contributed by atoms with Crippen LogP contribution in [-0.2, 0) is 0 Å². The number of fused-ring (bicyclic) bond motifs is 1. The fraction of sp³-hybridized carbons (Fsp3) is 0.0909. The Morgan fingerprint density at radius 3 is 0.821 bits per heavy atom. The van der Waals surface area contributed by atoms with Crippen molar-refractivity contribution in [1.82, 2.24) is 0 Å². The second-order valence-corrected chi connectivity index (χ2v) is 25.9. The summed E-state index contributed by atoms with van der Waals surface area (Å²) in [5, 5.41) is 2.33. The minimum absolute atomic E-state index is 0.973. The molecular weight excluding hydrogens is 1170 g/mol. The quantitative estimate of drug-likeness (QED) is 0.0847. The number of nitrogens with zero attached hydrogens (tertiary/aromatic N) is 6. The summed E-state index contributed by atoms with van der Waals surface area (Å²) < 4.78 is 1.23. The molecule has 0 amide bonds. The maximum Gasteiger partial charge on any atom is 0.101 e. The summed E-state index contributed by atoms with van der Waals surface area (Å²) in [5.41, 5.74) is 27.3. The Labute approximate surface area is 564 Å². The molecule has 1 aromatic heterocycles. The monoisotopic (exact) mass is 1250 g/mol. The van der Waals surface area contributed by atoms with E-state index in [0.29, 0.717) is 0 Å². The van der Waals surface area contributed by atoms with Gasteiger partial charge in [-0.3, -0.25) is 0 Å². The Morgan fingerprint density at radius 1 is 0.189 bits per heavy atom. The zero-order chi connectivity index (χ0) is 65.1. The molecule has 0 aliphatic rings. The SMILES string of the molecule is Cc1cc(C)cc(N(c2cc(N(c3ccccc3)c3cccc(N(c4ccccc4)c4cc(N(c5ccccc5)c5ccccc5)cc(N(c5ccccc5)c5ccccc5)c4)c3)cc(N(c3cc(C)c(C)cc3C)c3cc(C)c(C)cc3C)c2)c2cc3ccccc3s2)c1. The first-order valence-electron chi connectivity index (χ1n) is 32.6. The second kappa shape index (κ2) is 26.7. The molecule has 464 valence electrons. The van der Waals surface area contributed by atoms with E-state index in [1.54, 1.807) is 0 Å². The van der Waals surface area contributed by atoms with Crippen LogP contribution in [0.2, 0.25) is 0 Å². The molecule has 6 nitrogen and oxygen atoms in total. The number of hydrogen-bond acceptors (Lipinski definition) is 7. The highest BCUT2D eigenvalue weighted by atomic mass is 32.1. The van der Waals surface area contributed by atoms with E-state index in [2.05, 4.69) is 400 Å². The lowest BCUT2D eigenvalue weighted by Gasteiger charge is -2.35. The maximum absolute atomic E-state index is 2.52. The van der Waals surface area contributed by atoms with Gasteiger partial charge in [-0.25, -0.2) is 0 Å². The Bertz CT molecular complexity index is 4720. The standard InChI is InChI=1S/C88H76N6S/c1-61-46-62(2)48-78(47-61)93(88-53-69-30-27-28-45-87(69)95-88)83-58-82(59-84(60-83)94(85-51-65(5)63(3)49-67(85)7)86-52-66(6)64(4)50-68(86)8)92(75-41-25-14-26-42-75)77-44-29-43-76(54-77)91(74-39-23-13-24-40-74)81-56-79(89(70-31-15-9-16-32-70)71-33-17-10-18-34-71)55-80(57-81)90(72-35-19-11-20-36-72)73-37-21-12-22-38-73/h9-60H,1-8H3. The van der Waals surface area contributed by atoms with E-state index < -0.39 is 0 Å². The number of thiophene rings is 1. The zero-order valence-corrected chi connectivity index (χ0v) is 55.9. The smallest absolute Gasteiger partial charge is 0.101 e. The maximum atomic E-state index is 2.52. The lowest BCUT2D eigenvalue weighted by molar-refractivity contribution is 1.17. The van der Waals surface area contributed by atoms with Crippen molar-refractivity contribution in [3.05, 3.63) is 360 Å². The van der Waals surface area contributed by atoms with Crippen molar-refractivity contribution in [2.45, 2.75) is 55.4 Å². The van der Waals surface area contributed by atoms with Gasteiger partial charge in [-0.15, -0.1) is 11.3 Å². The Balaban J connectivity index is 1.04. The number of hydrogen-bond donors (Lipinski definition) is 0. The minimum atomic E-state index is 0.973. The lowest BCUT2D eigenvalue weighted by Crippen LogP contribution is -2.18. The van der Waals surface area contributed by atoms with Crippen LogP contribution < -0.4 is 29.4 Å². The summed E-state index contributed by atoms with van der Waals surface area (Å²) in [7, 11) is 0. The molecule has 0 aliphatic heterocycles. The third-order valence-electron chi connectivity index (χ3n) is 18.0. The van der Waals surface area contributed by atoms with E-state index >= 15 is 0 Å². The molecule has 0 fully saturated rings. The Kier molecular flexibility index (Phi) is 17.2. The van der Waals surface area contributed by atoms with Crippen LogP contribution in [0.5, 0.6) is 0 Å². The van der Waals surface area contributed by atoms with Gasteiger partial charge in [0.2, 0.25) is 0 Å². The predicted octanol–water partition coefficient (Wildman–Crippen LogP) is 26.2.